The van der Waals surface area contributed by atoms with Crippen LogP contribution >= 0.6 is 0 Å². The van der Waals surface area contributed by atoms with Gasteiger partial charge in [-0.25, -0.2) is 4.79 Å². The van der Waals surface area contributed by atoms with E-state index in [1.807, 2.05) is 31.3 Å². The summed E-state index contributed by atoms with van der Waals surface area (Å²) in [4.78, 5) is 112. The molecular weight excluding hydrogens is 923 g/mol. The van der Waals surface area contributed by atoms with E-state index in [2.05, 4.69) is 36.5 Å². The van der Waals surface area contributed by atoms with Gasteiger partial charge in [-0.2, -0.15) is 0 Å². The number of anilines is 3. The first-order valence-electron chi connectivity index (χ1n) is 24.2. The van der Waals surface area contributed by atoms with Crippen molar-refractivity contribution < 1.29 is 43.1 Å². The molecule has 3 aliphatic rings. The van der Waals surface area contributed by atoms with E-state index in [9.17, 15) is 38.4 Å². The van der Waals surface area contributed by atoms with Crippen LogP contribution in [0.5, 0.6) is 5.75 Å². The molecule has 0 radical (unpaired) electrons. The molecule has 0 saturated carbocycles. The Morgan fingerprint density at radius 3 is 2.25 bits per heavy atom. The van der Waals surface area contributed by atoms with Crippen LogP contribution in [0, 0.1) is 0 Å². The highest BCUT2D eigenvalue weighted by Gasteiger charge is 2.31. The molecule has 72 heavy (non-hydrogen) atoms. The van der Waals surface area contributed by atoms with Gasteiger partial charge in [-0.05, 0) is 98.8 Å². The van der Waals surface area contributed by atoms with Crippen LogP contribution in [-0.2, 0) is 30.4 Å². The zero-order valence-corrected chi connectivity index (χ0v) is 40.1. The predicted octanol–water partition coefficient (Wildman–Crippen LogP) is 3.49. The first-order valence-corrected chi connectivity index (χ1v) is 24.2. The number of unbranched alkanes of at least 4 members (excludes halogenated alkanes) is 1. The van der Waals surface area contributed by atoms with Gasteiger partial charge in [0.2, 0.25) is 17.7 Å². The minimum Gasteiger partial charge on any atom is -0.409 e. The summed E-state index contributed by atoms with van der Waals surface area (Å²) in [7, 11) is 2.02. The van der Waals surface area contributed by atoms with Crippen molar-refractivity contribution in [2.24, 2.45) is 5.73 Å². The average molecular weight is 982 g/mol. The van der Waals surface area contributed by atoms with Crippen molar-refractivity contribution in [1.29, 1.82) is 0 Å². The molecule has 1 atom stereocenters. The van der Waals surface area contributed by atoms with Gasteiger partial charge in [0.25, 0.3) is 23.6 Å². The molecule has 8 N–H and O–H groups in total. The van der Waals surface area contributed by atoms with E-state index >= 15 is 0 Å². The van der Waals surface area contributed by atoms with Crippen LogP contribution in [0.2, 0.25) is 0 Å². The van der Waals surface area contributed by atoms with Crippen molar-refractivity contribution in [2.45, 2.75) is 44.6 Å². The summed E-state index contributed by atoms with van der Waals surface area (Å²) in [6, 6.07) is 22.2. The quantitative estimate of drug-likeness (QED) is 0.0437. The van der Waals surface area contributed by atoms with E-state index in [1.165, 1.54) is 12.2 Å². The number of carbonyl (C=O) groups is 8. The topological polar surface area (TPSA) is 261 Å². The number of aromatic nitrogens is 1. The first-order chi connectivity index (χ1) is 34.8. The fourth-order valence-corrected chi connectivity index (χ4v) is 8.96. The monoisotopic (exact) mass is 981 g/mol. The van der Waals surface area contributed by atoms with Gasteiger partial charge in [0.15, 0.2) is 0 Å². The number of nitrogens with one attached hydrogen (secondary N) is 6. The lowest BCUT2D eigenvalue weighted by atomic mass is 10.0. The van der Waals surface area contributed by atoms with Gasteiger partial charge in [0.05, 0.1) is 18.3 Å². The molecule has 5 aromatic rings. The number of imide groups is 1. The molecule has 8 amide bonds. The highest BCUT2D eigenvalue weighted by Crippen LogP contribution is 2.41. The Bertz CT molecular complexity index is 2890. The number of nitrogens with two attached hydrogens (primary N) is 1. The number of nitrogens with zero attached hydrogens (tertiary/aromatic N) is 4. The Morgan fingerprint density at radius 2 is 1.50 bits per heavy atom. The molecule has 0 spiro atoms. The van der Waals surface area contributed by atoms with Gasteiger partial charge >= 0.3 is 6.09 Å². The summed E-state index contributed by atoms with van der Waals surface area (Å²) in [5.74, 6) is -2.14. The summed E-state index contributed by atoms with van der Waals surface area (Å²) in [5.41, 5.74) is 9.66. The number of H-pyrrole nitrogens is 1. The van der Waals surface area contributed by atoms with Gasteiger partial charge in [-0.1, -0.05) is 30.7 Å². The number of piperazine rings is 1. The van der Waals surface area contributed by atoms with Gasteiger partial charge in [-0.3, -0.25) is 38.5 Å². The van der Waals surface area contributed by atoms with Crippen LogP contribution in [0.3, 0.4) is 0 Å². The molecule has 20 nitrogen and oxygen atoms in total. The number of aromatic amines is 1. The normalized spacial score (nSPS) is 14.9. The Hall–Kier alpha value is -7.94. The molecular formula is C52H59N11O9. The molecule has 1 aromatic heterocycles. The van der Waals surface area contributed by atoms with Crippen LogP contribution < -0.4 is 42.0 Å². The van der Waals surface area contributed by atoms with E-state index in [4.69, 9.17) is 10.5 Å². The summed E-state index contributed by atoms with van der Waals surface area (Å²) >= 11 is 0. The van der Waals surface area contributed by atoms with Crippen molar-refractivity contribution in [3.8, 4) is 5.75 Å². The molecule has 8 rings (SSSR count). The number of carbonyl (C=O) groups excluding carboxylic acids is 8. The Morgan fingerprint density at radius 1 is 0.764 bits per heavy atom. The number of rotatable bonds is 20. The second-order valence-corrected chi connectivity index (χ2v) is 18.0. The maximum Gasteiger partial charge on any atom is 0.415 e. The fourth-order valence-electron chi connectivity index (χ4n) is 8.96. The minimum atomic E-state index is -0.641. The summed E-state index contributed by atoms with van der Waals surface area (Å²) < 4.78 is 6.01. The Labute approximate surface area is 415 Å². The van der Waals surface area contributed by atoms with Gasteiger partial charge < -0.3 is 56.7 Å². The average Bonchev–Trinajstić information content (AvgIpc) is 4.10. The predicted molar refractivity (Wildman–Crippen MR) is 272 cm³/mol. The van der Waals surface area contributed by atoms with Crippen molar-refractivity contribution >= 4 is 86.2 Å². The maximum absolute atomic E-state index is 14.2. The maximum atomic E-state index is 14.2. The molecule has 376 valence electrons. The lowest BCUT2D eigenvalue weighted by Gasteiger charge is -2.31. The van der Waals surface area contributed by atoms with E-state index in [0.29, 0.717) is 103 Å². The molecule has 0 unspecified atom stereocenters. The minimum absolute atomic E-state index is 0.124. The molecule has 0 aliphatic carbocycles. The lowest BCUT2D eigenvalue weighted by Crippen LogP contribution is -2.48. The number of benzene rings is 4. The van der Waals surface area contributed by atoms with Gasteiger partial charge in [-0.15, -0.1) is 0 Å². The number of fused-ring (bicyclic) bond motifs is 4. The van der Waals surface area contributed by atoms with Crippen LogP contribution in [0.25, 0.3) is 21.7 Å². The molecule has 1 fully saturated rings. The van der Waals surface area contributed by atoms with E-state index < -0.39 is 41.7 Å². The standard InChI is InChI=1S/C52H59N11O9/c1-60-25-27-61(28-26-60)52(71)72-44-31-43-38(37-7-2-3-8-39(37)44)19-24-62(43)51(70)42-30-34-29-36(15-16-40(34)59-42)58-49(68)33-11-13-35(14-12-33)57-46(65)32-56-50(69)41(9-4-5-20-53)54-21-22-55-45(64)10-6-23-63-47(66)17-18-48(63)67/h2-3,7-8,11-18,29-31,41,54,59H,4-6,9-10,19-28,32,53H2,1H3,(H,55,64)(H,56,69)(H,57,65)(H,58,68)/t41-/m0/s1. The second kappa shape index (κ2) is 23.3. The third-order valence-electron chi connectivity index (χ3n) is 12.9. The second-order valence-electron chi connectivity index (χ2n) is 18.0. The molecule has 4 heterocycles. The van der Waals surface area contributed by atoms with Crippen LogP contribution in [0.4, 0.5) is 21.9 Å². The summed E-state index contributed by atoms with van der Waals surface area (Å²) in [6.45, 7) is 3.92. The van der Waals surface area contributed by atoms with Crippen molar-refractivity contribution in [1.82, 2.24) is 35.6 Å². The highest BCUT2D eigenvalue weighted by molar-refractivity contribution is 6.13. The molecule has 1 saturated heterocycles. The largest absolute Gasteiger partial charge is 0.415 e. The smallest absolute Gasteiger partial charge is 0.409 e. The van der Waals surface area contributed by atoms with Crippen molar-refractivity contribution in [3.63, 3.8) is 0 Å². The zero-order valence-electron chi connectivity index (χ0n) is 40.1. The van der Waals surface area contributed by atoms with Crippen molar-refractivity contribution in [3.05, 3.63) is 108 Å². The van der Waals surface area contributed by atoms with E-state index in [1.54, 1.807) is 64.4 Å². The highest BCUT2D eigenvalue weighted by atomic mass is 16.6. The number of hydrogen-bond acceptors (Lipinski definition) is 12. The Balaban J connectivity index is 0.808. The number of amides is 8. The van der Waals surface area contributed by atoms with Gasteiger partial charge in [0, 0.05) is 110 Å². The van der Waals surface area contributed by atoms with Crippen molar-refractivity contribution in [2.75, 3.05) is 88.0 Å². The third kappa shape index (κ3) is 12.3. The SMILES string of the molecule is CN1CCN(C(=O)Oc2cc3c(c4ccccc24)CCN3C(=O)c2cc3cc(NC(=O)c4ccc(NC(=O)CNC(=O)[C@H](CCCCN)NCCNC(=O)CCCN5C(=O)C=CC5=O)cc4)ccc3[nH]2)CC1. The van der Waals surface area contributed by atoms with Crippen LogP contribution in [0.15, 0.2) is 91.0 Å². The lowest BCUT2D eigenvalue weighted by molar-refractivity contribution is -0.137. The zero-order chi connectivity index (χ0) is 50.7. The van der Waals surface area contributed by atoms with Crippen LogP contribution in [-0.4, -0.2) is 146 Å². The number of hydrogen-bond donors (Lipinski definition) is 7. The Kier molecular flexibility index (Phi) is 16.3. The molecule has 3 aliphatic heterocycles. The van der Waals surface area contributed by atoms with E-state index in [-0.39, 0.29) is 44.4 Å². The number of likely N-dealkylation sites (N-methyl/N-ethyl adjacent to an activating group) is 1. The van der Waals surface area contributed by atoms with Crippen LogP contribution in [0.1, 0.15) is 58.5 Å². The number of ether oxygens (including phenoxy) is 1. The van der Waals surface area contributed by atoms with E-state index in [0.717, 1.165) is 34.3 Å². The molecule has 20 heteroatoms. The molecule has 4 aromatic carbocycles. The fraction of sp³-hybridized carbons (Fsp3) is 0.346. The van der Waals surface area contributed by atoms with Gasteiger partial charge in [0.1, 0.15) is 11.4 Å². The third-order valence-corrected chi connectivity index (χ3v) is 12.9. The molecule has 0 bridgehead atoms. The summed E-state index contributed by atoms with van der Waals surface area (Å²) in [5, 5.41) is 16.6. The first kappa shape index (κ1) is 50.4. The summed E-state index contributed by atoms with van der Waals surface area (Å²) in [6.07, 6.45) is 4.89.